The van der Waals surface area contributed by atoms with Crippen molar-refractivity contribution in [2.75, 3.05) is 11.4 Å². The van der Waals surface area contributed by atoms with Gasteiger partial charge in [0.05, 0.1) is 0 Å². The van der Waals surface area contributed by atoms with Gasteiger partial charge in [0, 0.05) is 35.8 Å². The minimum Gasteiger partial charge on any atom is -0.356 e. The van der Waals surface area contributed by atoms with Crippen LogP contribution in [0.5, 0.6) is 0 Å². The molecule has 4 fully saturated rings. The summed E-state index contributed by atoms with van der Waals surface area (Å²) in [4.78, 5) is 24.6. The summed E-state index contributed by atoms with van der Waals surface area (Å²) < 4.78 is 0. The number of nitrogens with zero attached hydrogens (tertiary/aromatic N) is 3. The molecule has 0 aromatic carbocycles. The first-order valence-electron chi connectivity index (χ1n) is 11.7. The smallest absolute Gasteiger partial charge is 0.223 e. The zero-order chi connectivity index (χ0) is 18.7. The molecule has 6 rings (SSSR count). The summed E-state index contributed by atoms with van der Waals surface area (Å²) in [6.07, 6.45) is 15.5. The van der Waals surface area contributed by atoms with Gasteiger partial charge >= 0.3 is 0 Å². The third-order valence-electron chi connectivity index (χ3n) is 8.45. The minimum absolute atomic E-state index is 0.350. The lowest BCUT2D eigenvalue weighted by Gasteiger charge is -2.40. The van der Waals surface area contributed by atoms with Crippen molar-refractivity contribution in [3.05, 3.63) is 17.6 Å². The average Bonchev–Trinajstić information content (AvgIpc) is 3.13. The van der Waals surface area contributed by atoms with Crippen LogP contribution in [0.1, 0.15) is 69.0 Å². The minimum atomic E-state index is 0.350. The van der Waals surface area contributed by atoms with E-state index in [2.05, 4.69) is 15.2 Å². The second kappa shape index (κ2) is 6.70. The van der Waals surface area contributed by atoms with E-state index in [9.17, 15) is 4.79 Å². The van der Waals surface area contributed by atoms with Gasteiger partial charge in [0.1, 0.15) is 12.1 Å². The standard InChI is InChI=1S/C23H32N4O/c28-23(21-17-4-1-2-5-18(17)21)24-12-14-10-15-8-9-16(11-14)27(15)22-19-6-3-7-20(19)25-13-26-22/h13-18,21H,1-12H2,(H,24,28)/t14?,15-,16+,17?,18?,21?. The highest BCUT2D eigenvalue weighted by Gasteiger charge is 2.54. The summed E-state index contributed by atoms with van der Waals surface area (Å²) in [7, 11) is 0. The summed E-state index contributed by atoms with van der Waals surface area (Å²) in [6, 6.07) is 1.20. The molecule has 5 aliphatic rings. The van der Waals surface area contributed by atoms with Crippen LogP contribution >= 0.6 is 0 Å². The van der Waals surface area contributed by atoms with Crippen LogP contribution < -0.4 is 10.2 Å². The van der Waals surface area contributed by atoms with Gasteiger partial charge in [-0.05, 0) is 75.5 Å². The van der Waals surface area contributed by atoms with Crippen LogP contribution in [0.15, 0.2) is 6.33 Å². The Balaban J connectivity index is 1.09. The Morgan fingerprint density at radius 2 is 1.75 bits per heavy atom. The van der Waals surface area contributed by atoms with Crippen LogP contribution in [0.2, 0.25) is 0 Å². The van der Waals surface area contributed by atoms with Gasteiger partial charge in [-0.25, -0.2) is 9.97 Å². The number of aryl methyl sites for hydroxylation is 1. The number of anilines is 1. The van der Waals surface area contributed by atoms with Gasteiger partial charge in [-0.3, -0.25) is 4.79 Å². The normalized spacial score (nSPS) is 38.1. The lowest BCUT2D eigenvalue weighted by Crippen LogP contribution is -2.46. The maximum absolute atomic E-state index is 12.7. The summed E-state index contributed by atoms with van der Waals surface area (Å²) >= 11 is 0. The molecule has 5 heteroatoms. The summed E-state index contributed by atoms with van der Waals surface area (Å²) in [6.45, 7) is 0.886. The number of aromatic nitrogens is 2. The van der Waals surface area contributed by atoms with Crippen molar-refractivity contribution >= 4 is 11.7 Å². The molecular formula is C23H32N4O. The fraction of sp³-hybridized carbons (Fsp3) is 0.783. The second-order valence-electron chi connectivity index (χ2n) is 9.99. The fourth-order valence-electron chi connectivity index (χ4n) is 7.11. The Morgan fingerprint density at radius 3 is 2.50 bits per heavy atom. The Hall–Kier alpha value is -1.65. The van der Waals surface area contributed by atoms with E-state index in [0.29, 0.717) is 41.7 Å². The maximum atomic E-state index is 12.7. The Morgan fingerprint density at radius 1 is 1.00 bits per heavy atom. The predicted molar refractivity (Wildman–Crippen MR) is 108 cm³/mol. The third-order valence-corrected chi connectivity index (χ3v) is 8.45. The first-order chi connectivity index (χ1) is 13.8. The van der Waals surface area contributed by atoms with E-state index in [1.165, 1.54) is 74.9 Å². The SMILES string of the molecule is O=C(NCC1C[C@H]2CC[C@@H](C1)N2c1ncnc2c1CCC2)C1C2CCCCC21. The van der Waals surface area contributed by atoms with Crippen LogP contribution in [0.4, 0.5) is 5.82 Å². The van der Waals surface area contributed by atoms with Gasteiger partial charge in [-0.2, -0.15) is 0 Å². The maximum Gasteiger partial charge on any atom is 0.223 e. The molecule has 3 heterocycles. The van der Waals surface area contributed by atoms with Crippen molar-refractivity contribution < 1.29 is 4.79 Å². The Kier molecular flexibility index (Phi) is 4.13. The zero-order valence-corrected chi connectivity index (χ0v) is 16.8. The van der Waals surface area contributed by atoms with Crippen LogP contribution in [0, 0.1) is 23.7 Å². The van der Waals surface area contributed by atoms with Crippen molar-refractivity contribution in [2.24, 2.45) is 23.7 Å². The number of nitrogens with one attached hydrogen (secondary N) is 1. The second-order valence-corrected chi connectivity index (χ2v) is 9.99. The van der Waals surface area contributed by atoms with Crippen LogP contribution in [0.25, 0.3) is 0 Å². The van der Waals surface area contributed by atoms with Crippen LogP contribution in [-0.4, -0.2) is 34.5 Å². The van der Waals surface area contributed by atoms with E-state index in [4.69, 9.17) is 4.98 Å². The molecule has 2 saturated carbocycles. The van der Waals surface area contributed by atoms with Crippen molar-refractivity contribution in [1.29, 1.82) is 0 Å². The molecule has 150 valence electrons. The molecule has 2 aliphatic heterocycles. The lowest BCUT2D eigenvalue weighted by atomic mass is 9.90. The van der Waals surface area contributed by atoms with Gasteiger partial charge in [0.25, 0.3) is 0 Å². The van der Waals surface area contributed by atoms with Crippen molar-refractivity contribution in [3.8, 4) is 0 Å². The molecule has 0 spiro atoms. The van der Waals surface area contributed by atoms with E-state index in [-0.39, 0.29) is 0 Å². The van der Waals surface area contributed by atoms with Crippen LogP contribution in [0.3, 0.4) is 0 Å². The van der Waals surface area contributed by atoms with Gasteiger partial charge in [-0.1, -0.05) is 12.8 Å². The lowest BCUT2D eigenvalue weighted by molar-refractivity contribution is -0.123. The Bertz CT molecular complexity index is 754. The summed E-state index contributed by atoms with van der Waals surface area (Å²) in [5.41, 5.74) is 2.70. The zero-order valence-electron chi connectivity index (χ0n) is 16.8. The molecule has 0 radical (unpaired) electrons. The highest BCUT2D eigenvalue weighted by atomic mass is 16.2. The van der Waals surface area contributed by atoms with Crippen LogP contribution in [-0.2, 0) is 17.6 Å². The number of hydrogen-bond acceptors (Lipinski definition) is 4. The topological polar surface area (TPSA) is 58.1 Å². The molecule has 2 bridgehead atoms. The molecule has 1 aromatic heterocycles. The van der Waals surface area contributed by atoms with Crippen molar-refractivity contribution in [2.45, 2.75) is 82.7 Å². The molecule has 28 heavy (non-hydrogen) atoms. The Labute approximate surface area is 167 Å². The molecular weight excluding hydrogens is 348 g/mol. The first kappa shape index (κ1) is 17.2. The molecule has 3 aliphatic carbocycles. The number of carbonyl (C=O) groups excluding carboxylic acids is 1. The third kappa shape index (κ3) is 2.76. The number of hydrogen-bond donors (Lipinski definition) is 1. The van der Waals surface area contributed by atoms with E-state index in [1.54, 1.807) is 6.33 Å². The number of fused-ring (bicyclic) bond motifs is 4. The highest BCUT2D eigenvalue weighted by molar-refractivity contribution is 5.82. The monoisotopic (exact) mass is 380 g/mol. The van der Waals surface area contributed by atoms with Gasteiger partial charge in [0.15, 0.2) is 0 Å². The molecule has 1 amide bonds. The quantitative estimate of drug-likeness (QED) is 0.871. The van der Waals surface area contributed by atoms with E-state index >= 15 is 0 Å². The number of rotatable bonds is 4. The van der Waals surface area contributed by atoms with E-state index in [0.717, 1.165) is 19.4 Å². The molecule has 3 unspecified atom stereocenters. The summed E-state index contributed by atoms with van der Waals surface area (Å²) in [5, 5.41) is 3.35. The van der Waals surface area contributed by atoms with E-state index < -0.39 is 0 Å². The molecule has 5 atom stereocenters. The fourth-order valence-corrected chi connectivity index (χ4v) is 7.11. The van der Waals surface area contributed by atoms with Crippen molar-refractivity contribution in [3.63, 3.8) is 0 Å². The summed E-state index contributed by atoms with van der Waals surface area (Å²) in [5.74, 6) is 4.01. The first-order valence-corrected chi connectivity index (χ1v) is 11.7. The van der Waals surface area contributed by atoms with E-state index in [1.807, 2.05) is 0 Å². The number of carbonyl (C=O) groups is 1. The van der Waals surface area contributed by atoms with Gasteiger partial charge in [-0.15, -0.1) is 0 Å². The number of piperidine rings is 1. The molecule has 1 aromatic rings. The molecule has 5 nitrogen and oxygen atoms in total. The van der Waals surface area contributed by atoms with Gasteiger partial charge < -0.3 is 10.2 Å². The average molecular weight is 381 g/mol. The molecule has 1 N–H and O–H groups in total. The predicted octanol–water partition coefficient (Wildman–Crippen LogP) is 3.27. The highest BCUT2D eigenvalue weighted by Crippen LogP contribution is 2.55. The van der Waals surface area contributed by atoms with Crippen molar-refractivity contribution in [1.82, 2.24) is 15.3 Å². The number of amides is 1. The largest absolute Gasteiger partial charge is 0.356 e. The molecule has 2 saturated heterocycles. The van der Waals surface area contributed by atoms with Gasteiger partial charge in [0.2, 0.25) is 5.91 Å².